The average Bonchev–Trinajstić information content (AvgIpc) is 2.88. The molecule has 0 atom stereocenters. The lowest BCUT2D eigenvalue weighted by Crippen LogP contribution is -2.51. The number of rotatable bonds is 1. The van der Waals surface area contributed by atoms with Gasteiger partial charge in [0.05, 0.1) is 0 Å². The lowest BCUT2D eigenvalue weighted by Gasteiger charge is -2.43. The molecule has 2 aliphatic heterocycles. The molecule has 1 amide bonds. The summed E-state index contributed by atoms with van der Waals surface area (Å²) in [7, 11) is 0. The summed E-state index contributed by atoms with van der Waals surface area (Å²) in [5, 5.41) is 3.37. The first-order chi connectivity index (χ1) is 9.14. The molecule has 1 aliphatic carbocycles. The molecule has 2 heterocycles. The second-order valence-electron chi connectivity index (χ2n) is 7.31. The summed E-state index contributed by atoms with van der Waals surface area (Å²) in [5.74, 6) is 0.432. The standard InChI is InChI=1S/C16H28N2O/c1-15(6-10-17-11-7-15)14(19)18-12-8-16(9-13-18)4-2-3-5-16/h17H,2-13H2,1H3. The largest absolute Gasteiger partial charge is 0.342 e. The van der Waals surface area contributed by atoms with Gasteiger partial charge in [-0.3, -0.25) is 4.79 Å². The van der Waals surface area contributed by atoms with E-state index < -0.39 is 0 Å². The maximum Gasteiger partial charge on any atom is 0.228 e. The minimum absolute atomic E-state index is 0.0918. The van der Waals surface area contributed by atoms with Crippen LogP contribution >= 0.6 is 0 Å². The lowest BCUT2D eigenvalue weighted by atomic mass is 9.75. The van der Waals surface area contributed by atoms with Crippen molar-refractivity contribution in [2.45, 2.75) is 58.3 Å². The molecular weight excluding hydrogens is 236 g/mol. The van der Waals surface area contributed by atoms with E-state index in [1.807, 2.05) is 0 Å². The van der Waals surface area contributed by atoms with E-state index in [4.69, 9.17) is 0 Å². The van der Waals surface area contributed by atoms with Crippen LogP contribution < -0.4 is 5.32 Å². The highest BCUT2D eigenvalue weighted by Gasteiger charge is 2.42. The Hall–Kier alpha value is -0.570. The maximum absolute atomic E-state index is 12.8. The van der Waals surface area contributed by atoms with E-state index in [1.165, 1.54) is 38.5 Å². The van der Waals surface area contributed by atoms with Crippen LogP contribution in [0.4, 0.5) is 0 Å². The van der Waals surface area contributed by atoms with Gasteiger partial charge in [-0.1, -0.05) is 19.8 Å². The Kier molecular flexibility index (Phi) is 3.59. The molecule has 3 aliphatic rings. The molecule has 0 unspecified atom stereocenters. The van der Waals surface area contributed by atoms with Gasteiger partial charge < -0.3 is 10.2 Å². The topological polar surface area (TPSA) is 32.3 Å². The van der Waals surface area contributed by atoms with Crippen molar-refractivity contribution in [3.05, 3.63) is 0 Å². The molecule has 0 bridgehead atoms. The quantitative estimate of drug-likeness (QED) is 0.789. The normalized spacial score (nSPS) is 29.6. The molecule has 3 fully saturated rings. The highest BCUT2D eigenvalue weighted by molar-refractivity contribution is 5.82. The van der Waals surface area contributed by atoms with Crippen LogP contribution in [-0.4, -0.2) is 37.0 Å². The summed E-state index contributed by atoms with van der Waals surface area (Å²) >= 11 is 0. The Morgan fingerprint density at radius 2 is 1.53 bits per heavy atom. The summed E-state index contributed by atoms with van der Waals surface area (Å²) in [6.45, 7) is 6.21. The molecule has 0 aromatic rings. The lowest BCUT2D eigenvalue weighted by molar-refractivity contribution is -0.145. The first-order valence-corrected chi connectivity index (χ1v) is 8.14. The predicted molar refractivity (Wildman–Crippen MR) is 76.9 cm³/mol. The van der Waals surface area contributed by atoms with Crippen molar-refractivity contribution in [1.82, 2.24) is 10.2 Å². The highest BCUT2D eigenvalue weighted by Crippen LogP contribution is 2.46. The van der Waals surface area contributed by atoms with Gasteiger partial charge in [-0.15, -0.1) is 0 Å². The number of amides is 1. The summed E-state index contributed by atoms with van der Waals surface area (Å²) in [5.41, 5.74) is 0.525. The molecule has 0 aromatic heterocycles. The first-order valence-electron chi connectivity index (χ1n) is 8.14. The van der Waals surface area contributed by atoms with Crippen molar-refractivity contribution in [2.75, 3.05) is 26.2 Å². The third-order valence-corrected chi connectivity index (χ3v) is 6.00. The second kappa shape index (κ2) is 5.08. The first kappa shape index (κ1) is 13.4. The summed E-state index contributed by atoms with van der Waals surface area (Å²) in [6, 6.07) is 0. The van der Waals surface area contributed by atoms with E-state index in [0.29, 0.717) is 11.3 Å². The fourth-order valence-corrected chi connectivity index (χ4v) is 4.38. The average molecular weight is 264 g/mol. The molecule has 108 valence electrons. The summed E-state index contributed by atoms with van der Waals surface area (Å²) < 4.78 is 0. The van der Waals surface area contributed by atoms with Gasteiger partial charge >= 0.3 is 0 Å². The van der Waals surface area contributed by atoms with E-state index in [1.54, 1.807) is 0 Å². The van der Waals surface area contributed by atoms with Crippen LogP contribution in [0.3, 0.4) is 0 Å². The predicted octanol–water partition coefficient (Wildman–Crippen LogP) is 2.56. The van der Waals surface area contributed by atoms with E-state index in [-0.39, 0.29) is 5.41 Å². The fourth-order valence-electron chi connectivity index (χ4n) is 4.38. The number of carbonyl (C=O) groups is 1. The summed E-state index contributed by atoms with van der Waals surface area (Å²) in [4.78, 5) is 15.0. The number of hydrogen-bond acceptors (Lipinski definition) is 2. The van der Waals surface area contributed by atoms with Crippen LogP contribution in [0.2, 0.25) is 0 Å². The zero-order valence-corrected chi connectivity index (χ0v) is 12.3. The number of hydrogen-bond donors (Lipinski definition) is 1. The van der Waals surface area contributed by atoms with Gasteiger partial charge in [-0.25, -0.2) is 0 Å². The van der Waals surface area contributed by atoms with E-state index >= 15 is 0 Å². The Morgan fingerprint density at radius 1 is 0.947 bits per heavy atom. The van der Waals surface area contributed by atoms with Crippen LogP contribution in [0.15, 0.2) is 0 Å². The molecule has 3 rings (SSSR count). The van der Waals surface area contributed by atoms with Crippen molar-refractivity contribution < 1.29 is 4.79 Å². The maximum atomic E-state index is 12.8. The van der Waals surface area contributed by atoms with Gasteiger partial charge in [0.25, 0.3) is 0 Å². The molecule has 3 heteroatoms. The SMILES string of the molecule is CC1(C(=O)N2CCC3(CCCC3)CC2)CCNCC1. The molecule has 1 N–H and O–H groups in total. The molecule has 1 spiro atoms. The van der Waals surface area contributed by atoms with E-state index in [9.17, 15) is 4.79 Å². The molecule has 3 nitrogen and oxygen atoms in total. The smallest absolute Gasteiger partial charge is 0.228 e. The molecular formula is C16H28N2O. The second-order valence-corrected chi connectivity index (χ2v) is 7.31. The number of nitrogens with one attached hydrogen (secondary N) is 1. The Bertz CT molecular complexity index is 331. The van der Waals surface area contributed by atoms with Gasteiger partial charge in [0.15, 0.2) is 0 Å². The minimum atomic E-state index is -0.0918. The fraction of sp³-hybridized carbons (Fsp3) is 0.938. The van der Waals surface area contributed by atoms with Crippen molar-refractivity contribution in [1.29, 1.82) is 0 Å². The number of nitrogens with zero attached hydrogens (tertiary/aromatic N) is 1. The zero-order valence-electron chi connectivity index (χ0n) is 12.3. The third kappa shape index (κ3) is 2.54. The highest BCUT2D eigenvalue weighted by atomic mass is 16.2. The Labute approximate surface area is 117 Å². The van der Waals surface area contributed by atoms with Crippen molar-refractivity contribution in [2.24, 2.45) is 10.8 Å². The molecule has 0 radical (unpaired) electrons. The monoisotopic (exact) mass is 264 g/mol. The minimum Gasteiger partial charge on any atom is -0.342 e. The van der Waals surface area contributed by atoms with Crippen LogP contribution in [0.25, 0.3) is 0 Å². The van der Waals surface area contributed by atoms with Gasteiger partial charge in [-0.05, 0) is 57.0 Å². The summed E-state index contributed by atoms with van der Waals surface area (Å²) in [6.07, 6.45) is 10.2. The zero-order chi connectivity index (χ0) is 13.3. The van der Waals surface area contributed by atoms with Crippen LogP contribution in [0.5, 0.6) is 0 Å². The van der Waals surface area contributed by atoms with Gasteiger partial charge in [0.2, 0.25) is 5.91 Å². The third-order valence-electron chi connectivity index (χ3n) is 6.00. The number of likely N-dealkylation sites (tertiary alicyclic amines) is 1. The van der Waals surface area contributed by atoms with Crippen LogP contribution in [0, 0.1) is 10.8 Å². The number of carbonyl (C=O) groups excluding carboxylic acids is 1. The van der Waals surface area contributed by atoms with Crippen molar-refractivity contribution >= 4 is 5.91 Å². The van der Waals surface area contributed by atoms with Crippen molar-refractivity contribution in [3.63, 3.8) is 0 Å². The molecule has 1 saturated carbocycles. The number of piperidine rings is 2. The van der Waals surface area contributed by atoms with Crippen LogP contribution in [-0.2, 0) is 4.79 Å². The molecule has 2 saturated heterocycles. The molecule has 19 heavy (non-hydrogen) atoms. The van der Waals surface area contributed by atoms with E-state index in [0.717, 1.165) is 39.0 Å². The van der Waals surface area contributed by atoms with Gasteiger partial charge in [-0.2, -0.15) is 0 Å². The van der Waals surface area contributed by atoms with E-state index in [2.05, 4.69) is 17.1 Å². The van der Waals surface area contributed by atoms with Crippen molar-refractivity contribution in [3.8, 4) is 0 Å². The molecule has 0 aromatic carbocycles. The van der Waals surface area contributed by atoms with Gasteiger partial charge in [0.1, 0.15) is 0 Å². The van der Waals surface area contributed by atoms with Crippen LogP contribution in [0.1, 0.15) is 58.3 Å². The Morgan fingerprint density at radius 3 is 2.11 bits per heavy atom. The van der Waals surface area contributed by atoms with Gasteiger partial charge in [0, 0.05) is 18.5 Å². The Balaban J connectivity index is 1.60.